The summed E-state index contributed by atoms with van der Waals surface area (Å²) in [5, 5.41) is 9.07. The van der Waals surface area contributed by atoms with Crippen LogP contribution in [0.25, 0.3) is 0 Å². The number of carboxylic acid groups (broad SMARTS) is 1. The molecule has 0 heterocycles. The van der Waals surface area contributed by atoms with Gasteiger partial charge in [-0.15, -0.1) is 0 Å². The highest BCUT2D eigenvalue weighted by atomic mass is 32.2. The standard InChI is InChI=1S/C23H23NO5S/c1-2-29-21-12-8-19(9-13-21)17-24(16-18-6-4-3-5-7-18)30(27,28)22-14-10-20(11-15-22)23(25)26/h3-15H,2,16-17H2,1H3,(H,25,26). The van der Waals surface area contributed by atoms with Crippen LogP contribution in [0.3, 0.4) is 0 Å². The van der Waals surface area contributed by atoms with Crippen LogP contribution in [0, 0.1) is 0 Å². The Bertz CT molecular complexity index is 1080. The zero-order valence-electron chi connectivity index (χ0n) is 16.6. The Morgan fingerprint density at radius 1 is 0.867 bits per heavy atom. The molecule has 0 radical (unpaired) electrons. The van der Waals surface area contributed by atoms with E-state index in [2.05, 4.69) is 0 Å². The molecule has 0 aliphatic rings. The Balaban J connectivity index is 1.92. The minimum Gasteiger partial charge on any atom is -0.494 e. The van der Waals surface area contributed by atoms with Crippen molar-refractivity contribution in [2.45, 2.75) is 24.9 Å². The Kier molecular flexibility index (Phi) is 6.87. The van der Waals surface area contributed by atoms with Gasteiger partial charge in [-0.1, -0.05) is 42.5 Å². The Hall–Kier alpha value is -3.16. The summed E-state index contributed by atoms with van der Waals surface area (Å²) in [6, 6.07) is 21.9. The van der Waals surface area contributed by atoms with Crippen molar-refractivity contribution >= 4 is 16.0 Å². The molecule has 3 aromatic carbocycles. The van der Waals surface area contributed by atoms with Crippen molar-refractivity contribution in [2.75, 3.05) is 6.61 Å². The lowest BCUT2D eigenvalue weighted by Gasteiger charge is -2.23. The molecule has 0 unspecified atom stereocenters. The maximum atomic E-state index is 13.3. The zero-order valence-corrected chi connectivity index (χ0v) is 17.4. The van der Waals surface area contributed by atoms with E-state index in [-0.39, 0.29) is 23.5 Å². The molecule has 1 N–H and O–H groups in total. The predicted octanol–water partition coefficient (Wildman–Crippen LogP) is 4.17. The molecule has 0 atom stereocenters. The largest absolute Gasteiger partial charge is 0.494 e. The van der Waals surface area contributed by atoms with E-state index in [4.69, 9.17) is 9.84 Å². The summed E-state index contributed by atoms with van der Waals surface area (Å²) in [4.78, 5) is 11.1. The number of rotatable bonds is 9. The van der Waals surface area contributed by atoms with Gasteiger partial charge in [0.2, 0.25) is 10.0 Å². The van der Waals surface area contributed by atoms with Gasteiger partial charge in [-0.3, -0.25) is 0 Å². The van der Waals surface area contributed by atoms with E-state index in [9.17, 15) is 13.2 Å². The van der Waals surface area contributed by atoms with E-state index in [1.165, 1.54) is 28.6 Å². The van der Waals surface area contributed by atoms with Gasteiger partial charge in [-0.2, -0.15) is 4.31 Å². The van der Waals surface area contributed by atoms with Crippen LogP contribution in [-0.2, 0) is 23.1 Å². The first-order valence-electron chi connectivity index (χ1n) is 9.49. The van der Waals surface area contributed by atoms with E-state index < -0.39 is 16.0 Å². The van der Waals surface area contributed by atoms with Crippen molar-refractivity contribution < 1.29 is 23.1 Å². The van der Waals surface area contributed by atoms with Crippen LogP contribution in [-0.4, -0.2) is 30.4 Å². The van der Waals surface area contributed by atoms with Gasteiger partial charge in [-0.05, 0) is 54.4 Å². The third kappa shape index (κ3) is 5.25. The smallest absolute Gasteiger partial charge is 0.335 e. The molecular formula is C23H23NO5S. The van der Waals surface area contributed by atoms with Crippen LogP contribution in [0.2, 0.25) is 0 Å². The van der Waals surface area contributed by atoms with Crippen LogP contribution in [0.1, 0.15) is 28.4 Å². The number of sulfonamides is 1. The average molecular weight is 426 g/mol. The summed E-state index contributed by atoms with van der Waals surface area (Å²) in [7, 11) is -3.85. The highest BCUT2D eigenvalue weighted by Crippen LogP contribution is 2.23. The van der Waals surface area contributed by atoms with Crippen LogP contribution in [0.15, 0.2) is 83.8 Å². The molecule has 30 heavy (non-hydrogen) atoms. The number of benzene rings is 3. The van der Waals surface area contributed by atoms with Crippen molar-refractivity contribution in [3.63, 3.8) is 0 Å². The highest BCUT2D eigenvalue weighted by Gasteiger charge is 2.25. The molecular weight excluding hydrogens is 402 g/mol. The SMILES string of the molecule is CCOc1ccc(CN(Cc2ccccc2)S(=O)(=O)c2ccc(C(=O)O)cc2)cc1. The molecule has 0 saturated heterocycles. The lowest BCUT2D eigenvalue weighted by atomic mass is 10.2. The first-order valence-corrected chi connectivity index (χ1v) is 10.9. The number of ether oxygens (including phenoxy) is 1. The summed E-state index contributed by atoms with van der Waals surface area (Å²) < 4.78 is 33.5. The molecule has 0 aliphatic carbocycles. The lowest BCUT2D eigenvalue weighted by molar-refractivity contribution is 0.0696. The first-order chi connectivity index (χ1) is 14.4. The summed E-state index contributed by atoms with van der Waals surface area (Å²) in [6.07, 6.45) is 0. The second kappa shape index (κ2) is 9.56. The fourth-order valence-corrected chi connectivity index (χ4v) is 4.41. The van der Waals surface area contributed by atoms with Crippen molar-refractivity contribution in [1.82, 2.24) is 4.31 Å². The number of hydrogen-bond acceptors (Lipinski definition) is 4. The molecule has 0 aliphatic heterocycles. The van der Waals surface area contributed by atoms with Crippen molar-refractivity contribution in [1.29, 1.82) is 0 Å². The molecule has 0 amide bonds. The zero-order chi connectivity index (χ0) is 21.6. The average Bonchev–Trinajstić information content (AvgIpc) is 2.75. The molecule has 0 fully saturated rings. The number of carboxylic acids is 1. The first kappa shape index (κ1) is 21.5. The van der Waals surface area contributed by atoms with E-state index in [0.717, 1.165) is 16.9 Å². The van der Waals surface area contributed by atoms with E-state index in [1.54, 1.807) is 0 Å². The molecule has 0 spiro atoms. The molecule has 0 bridgehead atoms. The van der Waals surface area contributed by atoms with Gasteiger partial charge in [0, 0.05) is 13.1 Å². The van der Waals surface area contributed by atoms with E-state index >= 15 is 0 Å². The normalized spacial score (nSPS) is 11.4. The summed E-state index contributed by atoms with van der Waals surface area (Å²) in [5.74, 6) is -0.377. The van der Waals surface area contributed by atoms with Gasteiger partial charge in [0.1, 0.15) is 5.75 Å². The van der Waals surface area contributed by atoms with Gasteiger partial charge in [-0.25, -0.2) is 13.2 Å². The van der Waals surface area contributed by atoms with Gasteiger partial charge >= 0.3 is 5.97 Å². The molecule has 3 rings (SSSR count). The van der Waals surface area contributed by atoms with Gasteiger partial charge in [0.15, 0.2) is 0 Å². The van der Waals surface area contributed by atoms with Crippen molar-refractivity contribution in [3.05, 3.63) is 95.6 Å². The number of aromatic carboxylic acids is 1. The van der Waals surface area contributed by atoms with E-state index in [0.29, 0.717) is 6.61 Å². The number of hydrogen-bond donors (Lipinski definition) is 1. The lowest BCUT2D eigenvalue weighted by Crippen LogP contribution is -2.30. The minimum atomic E-state index is -3.85. The molecule has 3 aromatic rings. The maximum Gasteiger partial charge on any atom is 0.335 e. The third-order valence-corrected chi connectivity index (χ3v) is 6.34. The van der Waals surface area contributed by atoms with Crippen LogP contribution in [0.4, 0.5) is 0 Å². The number of carbonyl (C=O) groups is 1. The van der Waals surface area contributed by atoms with Crippen LogP contribution < -0.4 is 4.74 Å². The van der Waals surface area contributed by atoms with Crippen molar-refractivity contribution in [2.24, 2.45) is 0 Å². The summed E-state index contributed by atoms with van der Waals surface area (Å²) in [5.41, 5.74) is 1.71. The molecule has 7 heteroatoms. The Morgan fingerprint density at radius 3 is 1.97 bits per heavy atom. The summed E-state index contributed by atoms with van der Waals surface area (Å²) >= 11 is 0. The highest BCUT2D eigenvalue weighted by molar-refractivity contribution is 7.89. The Morgan fingerprint density at radius 2 is 1.43 bits per heavy atom. The predicted molar refractivity (Wildman–Crippen MR) is 114 cm³/mol. The fraction of sp³-hybridized carbons (Fsp3) is 0.174. The maximum absolute atomic E-state index is 13.3. The fourth-order valence-electron chi connectivity index (χ4n) is 2.99. The monoisotopic (exact) mass is 425 g/mol. The minimum absolute atomic E-state index is 0.0371. The third-order valence-electron chi connectivity index (χ3n) is 4.53. The second-order valence-corrected chi connectivity index (χ2v) is 8.60. The van der Waals surface area contributed by atoms with Crippen molar-refractivity contribution in [3.8, 4) is 5.75 Å². The second-order valence-electron chi connectivity index (χ2n) is 6.67. The molecule has 156 valence electrons. The van der Waals surface area contributed by atoms with Crippen LogP contribution >= 0.6 is 0 Å². The molecule has 0 saturated carbocycles. The topological polar surface area (TPSA) is 83.9 Å². The van der Waals surface area contributed by atoms with Gasteiger partial charge in [0.25, 0.3) is 0 Å². The van der Waals surface area contributed by atoms with Gasteiger partial charge < -0.3 is 9.84 Å². The quantitative estimate of drug-likeness (QED) is 0.556. The molecule has 0 aromatic heterocycles. The summed E-state index contributed by atoms with van der Waals surface area (Å²) in [6.45, 7) is 2.82. The Labute approximate surface area is 176 Å². The van der Waals surface area contributed by atoms with Gasteiger partial charge in [0.05, 0.1) is 17.1 Å². The van der Waals surface area contributed by atoms with Crippen LogP contribution in [0.5, 0.6) is 5.75 Å². The van der Waals surface area contributed by atoms with E-state index in [1.807, 2.05) is 61.5 Å². The molecule has 6 nitrogen and oxygen atoms in total. The number of nitrogens with zero attached hydrogens (tertiary/aromatic N) is 1.